The predicted octanol–water partition coefficient (Wildman–Crippen LogP) is 3.21. The number of benzene rings is 2. The molecule has 3 aromatic rings. The lowest BCUT2D eigenvalue weighted by atomic mass is 10.2. The molecule has 9 heteroatoms. The third-order valence-electron chi connectivity index (χ3n) is 3.39. The van der Waals surface area contributed by atoms with Crippen LogP contribution in [0.2, 0.25) is 5.02 Å². The van der Waals surface area contributed by atoms with Gasteiger partial charge in [-0.1, -0.05) is 23.7 Å². The SMILES string of the molecule is COC(=O)c1ccc(Cl)c(S(=O)(=O)NCc2nc3ccccc3s2)c1. The number of rotatable bonds is 5. The number of sulfonamides is 1. The van der Waals surface area contributed by atoms with Crippen LogP contribution in [0.15, 0.2) is 47.4 Å². The van der Waals surface area contributed by atoms with Crippen LogP contribution < -0.4 is 4.72 Å². The zero-order valence-corrected chi connectivity index (χ0v) is 15.4. The van der Waals surface area contributed by atoms with Gasteiger partial charge in [0.1, 0.15) is 9.90 Å². The molecule has 0 atom stereocenters. The fourth-order valence-electron chi connectivity index (χ4n) is 2.18. The molecule has 0 spiro atoms. The maximum absolute atomic E-state index is 12.5. The summed E-state index contributed by atoms with van der Waals surface area (Å²) in [6.07, 6.45) is 0. The third-order valence-corrected chi connectivity index (χ3v) is 6.31. The van der Waals surface area contributed by atoms with Gasteiger partial charge in [0.15, 0.2) is 0 Å². The van der Waals surface area contributed by atoms with Gasteiger partial charge in [-0.3, -0.25) is 0 Å². The van der Waals surface area contributed by atoms with Crippen molar-refractivity contribution < 1.29 is 17.9 Å². The second kappa shape index (κ2) is 7.09. The zero-order chi connectivity index (χ0) is 18.0. The standard InChI is InChI=1S/C16H13ClN2O4S2/c1-23-16(20)10-6-7-11(17)14(8-10)25(21,22)18-9-15-19-12-4-2-3-5-13(12)24-15/h2-8,18H,9H2,1H3. The van der Waals surface area contributed by atoms with Crippen LogP contribution in [0.3, 0.4) is 0 Å². The van der Waals surface area contributed by atoms with Crippen molar-refractivity contribution in [1.82, 2.24) is 9.71 Å². The van der Waals surface area contributed by atoms with Crippen LogP contribution in [0.5, 0.6) is 0 Å². The number of nitrogens with zero attached hydrogens (tertiary/aromatic N) is 1. The summed E-state index contributed by atoms with van der Waals surface area (Å²) in [7, 11) is -2.70. The Morgan fingerprint density at radius 1 is 1.28 bits per heavy atom. The molecule has 130 valence electrons. The van der Waals surface area contributed by atoms with E-state index in [-0.39, 0.29) is 22.0 Å². The van der Waals surface area contributed by atoms with E-state index in [2.05, 4.69) is 14.4 Å². The number of nitrogens with one attached hydrogen (secondary N) is 1. The number of fused-ring (bicyclic) bond motifs is 1. The first-order chi connectivity index (χ1) is 11.9. The van der Waals surface area contributed by atoms with Crippen LogP contribution in [-0.2, 0) is 21.3 Å². The molecule has 25 heavy (non-hydrogen) atoms. The van der Waals surface area contributed by atoms with E-state index < -0.39 is 16.0 Å². The van der Waals surface area contributed by atoms with Gasteiger partial charge < -0.3 is 4.74 Å². The summed E-state index contributed by atoms with van der Waals surface area (Å²) in [6.45, 7) is 0.0282. The highest BCUT2D eigenvalue weighted by molar-refractivity contribution is 7.89. The fourth-order valence-corrected chi connectivity index (χ4v) is 4.69. The number of para-hydroxylation sites is 1. The molecule has 1 N–H and O–H groups in total. The topological polar surface area (TPSA) is 85.4 Å². The molecule has 0 aliphatic carbocycles. The van der Waals surface area contributed by atoms with Gasteiger partial charge in [-0.05, 0) is 30.3 Å². The molecule has 3 rings (SSSR count). The average Bonchev–Trinajstić information content (AvgIpc) is 3.02. The first-order valence-electron chi connectivity index (χ1n) is 7.13. The molecule has 0 fully saturated rings. The lowest BCUT2D eigenvalue weighted by molar-refractivity contribution is 0.0600. The monoisotopic (exact) mass is 396 g/mol. The van der Waals surface area contributed by atoms with Crippen LogP contribution in [0.4, 0.5) is 0 Å². The van der Waals surface area contributed by atoms with Gasteiger partial charge in [0, 0.05) is 0 Å². The van der Waals surface area contributed by atoms with Crippen LogP contribution >= 0.6 is 22.9 Å². The van der Waals surface area contributed by atoms with Crippen LogP contribution in [0.1, 0.15) is 15.4 Å². The van der Waals surface area contributed by atoms with E-state index in [0.717, 1.165) is 10.2 Å². The number of ether oxygens (including phenoxy) is 1. The van der Waals surface area contributed by atoms with Crippen LogP contribution in [0, 0.1) is 0 Å². The molecule has 0 bridgehead atoms. The number of esters is 1. The Morgan fingerprint density at radius 3 is 2.76 bits per heavy atom. The van der Waals surface area contributed by atoms with E-state index in [0.29, 0.717) is 5.01 Å². The first-order valence-corrected chi connectivity index (χ1v) is 9.80. The van der Waals surface area contributed by atoms with Gasteiger partial charge in [0.2, 0.25) is 10.0 Å². The van der Waals surface area contributed by atoms with Crippen molar-refractivity contribution >= 4 is 49.1 Å². The molecular weight excluding hydrogens is 384 g/mol. The Hall–Kier alpha value is -2.00. The van der Waals surface area contributed by atoms with E-state index in [1.807, 2.05) is 24.3 Å². The molecule has 0 aliphatic rings. The second-order valence-corrected chi connectivity index (χ2v) is 8.29. The number of thiazole rings is 1. The largest absolute Gasteiger partial charge is 0.465 e. The van der Waals surface area contributed by atoms with Crippen LogP contribution in [0.25, 0.3) is 10.2 Å². The van der Waals surface area contributed by atoms with Gasteiger partial charge in [-0.2, -0.15) is 0 Å². The number of aromatic nitrogens is 1. The number of hydrogen-bond acceptors (Lipinski definition) is 6. The highest BCUT2D eigenvalue weighted by Gasteiger charge is 2.21. The minimum Gasteiger partial charge on any atom is -0.465 e. The third kappa shape index (κ3) is 3.82. The summed E-state index contributed by atoms with van der Waals surface area (Å²) in [6, 6.07) is 11.5. The van der Waals surface area contributed by atoms with Gasteiger partial charge >= 0.3 is 5.97 Å². The van der Waals surface area contributed by atoms with Crippen molar-refractivity contribution in [3.63, 3.8) is 0 Å². The smallest absolute Gasteiger partial charge is 0.337 e. The molecule has 2 aromatic carbocycles. The van der Waals surface area contributed by atoms with Crippen molar-refractivity contribution in [1.29, 1.82) is 0 Å². The molecule has 0 saturated heterocycles. The molecular formula is C16H13ClN2O4S2. The Morgan fingerprint density at radius 2 is 2.04 bits per heavy atom. The molecule has 0 saturated carbocycles. The van der Waals surface area contributed by atoms with E-state index >= 15 is 0 Å². The number of methoxy groups -OCH3 is 1. The number of halogens is 1. The van der Waals surface area contributed by atoms with Crippen molar-refractivity contribution in [2.24, 2.45) is 0 Å². The van der Waals surface area contributed by atoms with Gasteiger partial charge in [-0.25, -0.2) is 22.9 Å². The maximum atomic E-state index is 12.5. The maximum Gasteiger partial charge on any atom is 0.337 e. The Bertz CT molecular complexity index is 1010. The Kier molecular flexibility index (Phi) is 5.05. The van der Waals surface area contributed by atoms with E-state index in [4.69, 9.17) is 11.6 Å². The molecule has 0 amide bonds. The lowest BCUT2D eigenvalue weighted by Gasteiger charge is -2.08. The molecule has 1 heterocycles. The molecule has 0 unspecified atom stereocenters. The summed E-state index contributed by atoms with van der Waals surface area (Å²) >= 11 is 7.39. The normalized spacial score (nSPS) is 11.6. The fraction of sp³-hybridized carbons (Fsp3) is 0.125. The lowest BCUT2D eigenvalue weighted by Crippen LogP contribution is -2.24. The van der Waals surface area contributed by atoms with Crippen molar-refractivity contribution in [2.75, 3.05) is 7.11 Å². The molecule has 0 radical (unpaired) electrons. The summed E-state index contributed by atoms with van der Waals surface area (Å²) < 4.78 is 33.1. The van der Waals surface area contributed by atoms with Gasteiger partial charge in [0.05, 0.1) is 34.5 Å². The molecule has 0 aliphatic heterocycles. The zero-order valence-electron chi connectivity index (χ0n) is 13.0. The van der Waals surface area contributed by atoms with Gasteiger partial charge in [-0.15, -0.1) is 11.3 Å². The van der Waals surface area contributed by atoms with E-state index in [9.17, 15) is 13.2 Å². The minimum absolute atomic E-state index is 0.0180. The molecule has 6 nitrogen and oxygen atoms in total. The predicted molar refractivity (Wildman–Crippen MR) is 96.4 cm³/mol. The minimum atomic E-state index is -3.91. The van der Waals surface area contributed by atoms with E-state index in [1.165, 1.54) is 36.6 Å². The van der Waals surface area contributed by atoms with Gasteiger partial charge in [0.25, 0.3) is 0 Å². The van der Waals surface area contributed by atoms with Crippen LogP contribution in [-0.4, -0.2) is 26.5 Å². The summed E-state index contributed by atoms with van der Waals surface area (Å²) in [5.74, 6) is -0.640. The second-order valence-electron chi connectivity index (χ2n) is 5.04. The summed E-state index contributed by atoms with van der Waals surface area (Å²) in [4.78, 5) is 15.8. The summed E-state index contributed by atoms with van der Waals surface area (Å²) in [5, 5.41) is 0.648. The first kappa shape index (κ1) is 17.8. The average molecular weight is 397 g/mol. The number of carbonyl (C=O) groups is 1. The quantitative estimate of drug-likeness (QED) is 0.669. The summed E-state index contributed by atoms with van der Waals surface area (Å²) in [5.41, 5.74) is 0.916. The Labute approximate surface area is 153 Å². The number of hydrogen-bond donors (Lipinski definition) is 1. The number of carbonyl (C=O) groups excluding carboxylic acids is 1. The van der Waals surface area contributed by atoms with Crippen molar-refractivity contribution in [3.8, 4) is 0 Å². The highest BCUT2D eigenvalue weighted by atomic mass is 35.5. The van der Waals surface area contributed by atoms with E-state index in [1.54, 1.807) is 0 Å². The highest BCUT2D eigenvalue weighted by Crippen LogP contribution is 2.25. The molecule has 1 aromatic heterocycles. The Balaban J connectivity index is 1.85. The van der Waals surface area contributed by atoms with Crippen molar-refractivity contribution in [3.05, 3.63) is 58.1 Å². The van der Waals surface area contributed by atoms with Crippen molar-refractivity contribution in [2.45, 2.75) is 11.4 Å².